The van der Waals surface area contributed by atoms with Crippen molar-refractivity contribution in [3.8, 4) is 22.6 Å². The largest absolute Gasteiger partial charge is 0.488 e. The van der Waals surface area contributed by atoms with Crippen LogP contribution >= 0.6 is 39.5 Å². The Hall–Kier alpha value is -7.57. The average Bonchev–Trinajstić information content (AvgIpc) is 4.16. The van der Waals surface area contributed by atoms with Crippen molar-refractivity contribution in [2.45, 2.75) is 14.9 Å². The van der Waals surface area contributed by atoms with Crippen LogP contribution in [0.2, 0.25) is 0 Å². The molecule has 23 heteroatoms. The van der Waals surface area contributed by atoms with E-state index in [9.17, 15) is 43.2 Å². The summed E-state index contributed by atoms with van der Waals surface area (Å²) in [7, 11) is -1.55. The summed E-state index contributed by atoms with van der Waals surface area (Å²) >= 11 is 4.87. The number of halogens is 1. The molecule has 4 amide bonds. The van der Waals surface area contributed by atoms with Crippen LogP contribution < -0.4 is 16.1 Å². The van der Waals surface area contributed by atoms with Gasteiger partial charge in [0.1, 0.15) is 17.3 Å². The second-order valence-electron chi connectivity index (χ2n) is 12.3. The molecule has 2 aliphatic heterocycles. The van der Waals surface area contributed by atoms with Gasteiger partial charge in [-0.25, -0.2) is 14.4 Å². The number of carbonyl (C=O) groups excluding carboxylic acids is 6. The molecule has 0 aliphatic carbocycles. The van der Waals surface area contributed by atoms with Crippen molar-refractivity contribution in [2.24, 2.45) is 0 Å². The van der Waals surface area contributed by atoms with Gasteiger partial charge in [-0.1, -0.05) is 63.0 Å². The fourth-order valence-corrected chi connectivity index (χ4v) is 6.27. The zero-order chi connectivity index (χ0) is 47.6. The molecular formula is C44H38BBrN2O17S2. The van der Waals surface area contributed by atoms with E-state index < -0.39 is 36.2 Å². The number of carbonyl (C=O) groups is 9. The maximum atomic E-state index is 11.4. The summed E-state index contributed by atoms with van der Waals surface area (Å²) in [5.41, 5.74) is 2.26. The maximum absolute atomic E-state index is 11.4. The summed E-state index contributed by atoms with van der Waals surface area (Å²) < 4.78 is 16.2. The molecule has 2 fully saturated rings. The van der Waals surface area contributed by atoms with E-state index in [1.165, 1.54) is 54.6 Å². The van der Waals surface area contributed by atoms with Crippen LogP contribution in [-0.4, -0.2) is 91.0 Å². The molecule has 67 heavy (non-hydrogen) atoms. The normalized spacial score (nSPS) is 12.6. The van der Waals surface area contributed by atoms with Gasteiger partial charge >= 0.3 is 25.0 Å². The van der Waals surface area contributed by atoms with Crippen molar-refractivity contribution in [2.75, 3.05) is 5.75 Å². The standard InChI is InChI=1S/C15H9NO5S.C12H8O4.C7H7BO4.C5H3BrO2.C3H3NO2S.2CH4/c17-13-12(22-15(20)16-13)7-10-5-6-11(21-10)8-1-3-9(4-2-8)14(18)19;13-7-10-5-6-11(16-10)8-1-3-9(4-2-8)12(14)15;9-7(10)5-1-3-6(4-2-5)8(11)12;6-5-2-1-4(3-7)8-5;5-2-1-7-3(6)4-2;;/h1-7H,(H,18,19)(H,16,17,20);1-7H,(H,14,15);1-4,11-12H,(H,9,10);1-3H;1H2,(H,4,5,6);2*1H4/b12-7-;;;;;;. The van der Waals surface area contributed by atoms with E-state index in [1.54, 1.807) is 60.7 Å². The van der Waals surface area contributed by atoms with Crippen LogP contribution in [0.25, 0.3) is 28.7 Å². The van der Waals surface area contributed by atoms with Gasteiger partial charge in [0.2, 0.25) is 5.91 Å². The Morgan fingerprint density at radius 1 is 0.582 bits per heavy atom. The fraction of sp³-hybridized carbons (Fsp3) is 0.0682. The first-order valence-corrected chi connectivity index (χ1v) is 20.5. The number of hydrogen-bond donors (Lipinski definition) is 7. The lowest BCUT2D eigenvalue weighted by Crippen LogP contribution is -2.29. The number of amides is 4. The van der Waals surface area contributed by atoms with Crippen molar-refractivity contribution < 1.29 is 81.8 Å². The predicted octanol–water partition coefficient (Wildman–Crippen LogP) is 7.59. The second-order valence-corrected chi connectivity index (χ2v) is 15.1. The predicted molar refractivity (Wildman–Crippen MR) is 251 cm³/mol. The minimum atomic E-state index is -1.55. The van der Waals surface area contributed by atoms with Gasteiger partial charge in [-0.3, -0.25) is 39.4 Å². The molecule has 0 atom stereocenters. The summed E-state index contributed by atoms with van der Waals surface area (Å²) in [5, 5.41) is 47.0. The van der Waals surface area contributed by atoms with E-state index in [1.807, 2.05) is 0 Å². The van der Waals surface area contributed by atoms with Gasteiger partial charge in [-0.05, 0) is 106 Å². The number of carboxylic acid groups (broad SMARTS) is 3. The third-order valence-corrected chi connectivity index (χ3v) is 9.87. The van der Waals surface area contributed by atoms with E-state index in [0.717, 1.165) is 29.1 Å². The number of benzene rings is 3. The van der Waals surface area contributed by atoms with Gasteiger partial charge in [0.05, 0.1) is 27.3 Å². The van der Waals surface area contributed by atoms with Crippen LogP contribution in [0.15, 0.2) is 132 Å². The third kappa shape index (κ3) is 17.7. The molecule has 5 heterocycles. The summed E-state index contributed by atoms with van der Waals surface area (Å²) in [4.78, 5) is 95.1. The van der Waals surface area contributed by atoms with E-state index in [2.05, 4.69) is 26.6 Å². The molecule has 0 radical (unpaired) electrons. The number of hydrogen-bond acceptors (Lipinski definition) is 16. The topological polar surface area (TPSA) is 318 Å². The highest BCUT2D eigenvalue weighted by atomic mass is 79.9. The summed E-state index contributed by atoms with van der Waals surface area (Å²) in [5.74, 6) is -1.23. The Morgan fingerprint density at radius 3 is 1.33 bits per heavy atom. The lowest BCUT2D eigenvalue weighted by molar-refractivity contribution is -0.117. The number of carboxylic acids is 3. The van der Waals surface area contributed by atoms with Crippen LogP contribution in [0.4, 0.5) is 9.59 Å². The van der Waals surface area contributed by atoms with Crippen LogP contribution in [0.3, 0.4) is 0 Å². The molecular weight excluding hydrogens is 983 g/mol. The number of imide groups is 2. The molecule has 3 aromatic heterocycles. The van der Waals surface area contributed by atoms with Crippen LogP contribution in [0, 0.1) is 0 Å². The number of aromatic carboxylic acids is 3. The van der Waals surface area contributed by atoms with Crippen LogP contribution in [-0.2, 0) is 9.59 Å². The van der Waals surface area contributed by atoms with Crippen molar-refractivity contribution in [3.05, 3.63) is 153 Å². The molecule has 0 spiro atoms. The van der Waals surface area contributed by atoms with E-state index in [4.69, 9.17) is 38.6 Å². The highest BCUT2D eigenvalue weighted by Gasteiger charge is 2.25. The molecule has 3 aromatic carbocycles. The lowest BCUT2D eigenvalue weighted by Gasteiger charge is -1.98. The maximum Gasteiger partial charge on any atom is 0.488 e. The molecule has 8 rings (SSSR count). The van der Waals surface area contributed by atoms with Crippen molar-refractivity contribution in [1.82, 2.24) is 10.6 Å². The molecule has 19 nitrogen and oxygen atoms in total. The summed E-state index contributed by atoms with van der Waals surface area (Å²) in [6.07, 6.45) is 2.76. The zero-order valence-electron chi connectivity index (χ0n) is 32.7. The third-order valence-electron chi connectivity index (χ3n) is 7.86. The first-order valence-electron chi connectivity index (χ1n) is 17.9. The quantitative estimate of drug-likeness (QED) is 0.0416. The van der Waals surface area contributed by atoms with Gasteiger partial charge in [-0.2, -0.15) is 0 Å². The highest BCUT2D eigenvalue weighted by molar-refractivity contribution is 9.10. The Morgan fingerprint density at radius 2 is 1.01 bits per heavy atom. The molecule has 6 aromatic rings. The molecule has 0 saturated carbocycles. The number of thioether (sulfide) groups is 2. The first kappa shape index (κ1) is 55.6. The number of rotatable bonds is 9. The minimum absolute atomic E-state index is 0. The SMILES string of the molecule is C.C.O=C(O)c1ccc(B(O)O)cc1.O=C1CSC(=O)N1.O=C1NC(=O)/C(=C/c2ccc(-c3ccc(C(=O)O)cc3)o2)S1.O=Cc1ccc(-c2ccc(C(=O)O)cc2)o1.O=Cc1ccc(Br)o1. The monoisotopic (exact) mass is 1020 g/mol. The van der Waals surface area contributed by atoms with Crippen LogP contribution in [0.1, 0.15) is 72.8 Å². The van der Waals surface area contributed by atoms with Crippen molar-refractivity contribution in [1.29, 1.82) is 0 Å². The smallest absolute Gasteiger partial charge is 0.478 e. The van der Waals surface area contributed by atoms with E-state index in [0.29, 0.717) is 51.6 Å². The molecule has 0 unspecified atom stereocenters. The average molecular weight is 1020 g/mol. The van der Waals surface area contributed by atoms with Crippen molar-refractivity contribution in [3.63, 3.8) is 0 Å². The number of nitrogens with one attached hydrogen (secondary N) is 2. The van der Waals surface area contributed by atoms with Gasteiger partial charge < -0.3 is 38.6 Å². The summed E-state index contributed by atoms with van der Waals surface area (Å²) in [6.45, 7) is 0. The summed E-state index contributed by atoms with van der Waals surface area (Å²) in [6, 6.07) is 27.7. The Labute approximate surface area is 397 Å². The van der Waals surface area contributed by atoms with Gasteiger partial charge in [-0.15, -0.1) is 0 Å². The van der Waals surface area contributed by atoms with Crippen LogP contribution in [0.5, 0.6) is 0 Å². The zero-order valence-corrected chi connectivity index (χ0v) is 36.0. The van der Waals surface area contributed by atoms with Gasteiger partial charge in [0.25, 0.3) is 16.4 Å². The Balaban J connectivity index is 0.000000303. The lowest BCUT2D eigenvalue weighted by atomic mass is 9.80. The number of furan rings is 3. The van der Waals surface area contributed by atoms with E-state index >= 15 is 0 Å². The fourth-order valence-electron chi connectivity index (χ4n) is 4.77. The van der Waals surface area contributed by atoms with Gasteiger partial charge in [0.15, 0.2) is 28.8 Å². The molecule has 2 aliphatic rings. The minimum Gasteiger partial charge on any atom is -0.478 e. The van der Waals surface area contributed by atoms with Crippen molar-refractivity contribution >= 4 is 111 Å². The molecule has 7 N–H and O–H groups in total. The molecule has 0 bridgehead atoms. The number of aldehydes is 2. The van der Waals surface area contributed by atoms with Gasteiger partial charge in [0, 0.05) is 17.2 Å². The highest BCUT2D eigenvalue weighted by Crippen LogP contribution is 2.29. The molecule has 348 valence electrons. The molecule has 2 saturated heterocycles. The van der Waals surface area contributed by atoms with E-state index in [-0.39, 0.29) is 58.8 Å². The second kappa shape index (κ2) is 27.0. The first-order chi connectivity index (χ1) is 31.0. The Kier molecular flexibility index (Phi) is 22.4. The Bertz CT molecular complexity index is 2710.